The molecule has 0 fully saturated rings. The van der Waals surface area contributed by atoms with E-state index in [0.29, 0.717) is 11.5 Å². The zero-order valence-electron chi connectivity index (χ0n) is 10.7. The molecule has 0 saturated carbocycles. The molecule has 0 aliphatic rings. The van der Waals surface area contributed by atoms with Gasteiger partial charge < -0.3 is 9.15 Å². The molecule has 20 heavy (non-hydrogen) atoms. The van der Waals surface area contributed by atoms with E-state index in [1.807, 2.05) is 24.3 Å². The standard InChI is InChI=1S/C12H11N5O3/c1-2-19-12(18)11-14-15-16-17(11)7-10-13-8-5-3-4-6-9(8)20-10/h3-6H,2,7H2,1H3. The Balaban J connectivity index is 1.87. The van der Waals surface area contributed by atoms with Gasteiger partial charge in [0.05, 0.1) is 6.61 Å². The van der Waals surface area contributed by atoms with Gasteiger partial charge in [-0.3, -0.25) is 0 Å². The van der Waals surface area contributed by atoms with E-state index in [4.69, 9.17) is 9.15 Å². The van der Waals surface area contributed by atoms with Crippen LogP contribution in [0.15, 0.2) is 28.7 Å². The number of carbonyl (C=O) groups excluding carboxylic acids is 1. The number of tetrazole rings is 1. The Morgan fingerprint density at radius 1 is 1.40 bits per heavy atom. The van der Waals surface area contributed by atoms with Crippen molar-refractivity contribution < 1.29 is 13.9 Å². The maximum absolute atomic E-state index is 11.7. The fourth-order valence-corrected chi connectivity index (χ4v) is 1.77. The van der Waals surface area contributed by atoms with Crippen molar-refractivity contribution in [3.63, 3.8) is 0 Å². The Bertz CT molecular complexity index is 715. The predicted molar refractivity (Wildman–Crippen MR) is 66.9 cm³/mol. The van der Waals surface area contributed by atoms with Crippen LogP contribution in [0.5, 0.6) is 0 Å². The molecule has 3 aromatic rings. The highest BCUT2D eigenvalue weighted by Gasteiger charge is 2.18. The highest BCUT2D eigenvalue weighted by atomic mass is 16.5. The molecule has 0 spiro atoms. The minimum atomic E-state index is -0.575. The molecule has 0 unspecified atom stereocenters. The maximum atomic E-state index is 11.7. The first-order chi connectivity index (χ1) is 9.78. The minimum absolute atomic E-state index is 0.0223. The normalized spacial score (nSPS) is 10.8. The molecule has 0 aliphatic heterocycles. The molecular formula is C12H11N5O3. The summed E-state index contributed by atoms with van der Waals surface area (Å²) in [6, 6.07) is 7.39. The Morgan fingerprint density at radius 3 is 3.05 bits per heavy atom. The Morgan fingerprint density at radius 2 is 2.25 bits per heavy atom. The number of aromatic nitrogens is 5. The monoisotopic (exact) mass is 273 g/mol. The molecule has 0 aliphatic carbocycles. The largest absolute Gasteiger partial charge is 0.460 e. The van der Waals surface area contributed by atoms with E-state index in [0.717, 1.165) is 5.52 Å². The topological polar surface area (TPSA) is 95.9 Å². The van der Waals surface area contributed by atoms with Crippen molar-refractivity contribution >= 4 is 17.1 Å². The van der Waals surface area contributed by atoms with Crippen LogP contribution in [0.25, 0.3) is 11.1 Å². The first-order valence-corrected chi connectivity index (χ1v) is 6.05. The number of benzene rings is 1. The van der Waals surface area contributed by atoms with E-state index >= 15 is 0 Å². The summed E-state index contributed by atoms with van der Waals surface area (Å²) in [4.78, 5) is 16.0. The van der Waals surface area contributed by atoms with Gasteiger partial charge in [0, 0.05) is 0 Å². The molecule has 0 saturated heterocycles. The number of hydrogen-bond acceptors (Lipinski definition) is 7. The summed E-state index contributed by atoms with van der Waals surface area (Å²) in [5.41, 5.74) is 1.42. The van der Waals surface area contributed by atoms with Gasteiger partial charge in [0.2, 0.25) is 5.89 Å². The summed E-state index contributed by atoms with van der Waals surface area (Å²) in [6.45, 7) is 2.14. The summed E-state index contributed by atoms with van der Waals surface area (Å²) >= 11 is 0. The summed E-state index contributed by atoms with van der Waals surface area (Å²) in [7, 11) is 0. The van der Waals surface area contributed by atoms with Gasteiger partial charge in [-0.2, -0.15) is 0 Å². The minimum Gasteiger partial charge on any atom is -0.460 e. The molecule has 8 heteroatoms. The van der Waals surface area contributed by atoms with E-state index in [1.54, 1.807) is 6.92 Å². The smallest absolute Gasteiger partial charge is 0.378 e. The van der Waals surface area contributed by atoms with Gasteiger partial charge in [-0.1, -0.05) is 12.1 Å². The van der Waals surface area contributed by atoms with Gasteiger partial charge in [0.15, 0.2) is 5.58 Å². The van der Waals surface area contributed by atoms with Crippen LogP contribution in [0.3, 0.4) is 0 Å². The molecule has 0 atom stereocenters. The average Bonchev–Trinajstić information content (AvgIpc) is 3.05. The molecule has 0 N–H and O–H groups in total. The van der Waals surface area contributed by atoms with Crippen LogP contribution < -0.4 is 0 Å². The number of para-hydroxylation sites is 2. The SMILES string of the molecule is CCOC(=O)c1nnnn1Cc1nc2ccccc2o1. The third-order valence-electron chi connectivity index (χ3n) is 2.61. The number of esters is 1. The van der Waals surface area contributed by atoms with Gasteiger partial charge in [0.25, 0.3) is 5.82 Å². The molecule has 0 radical (unpaired) electrons. The maximum Gasteiger partial charge on any atom is 0.378 e. The van der Waals surface area contributed by atoms with Gasteiger partial charge in [-0.15, -0.1) is 5.10 Å². The molecular weight excluding hydrogens is 262 g/mol. The number of fused-ring (bicyclic) bond motifs is 1. The number of rotatable bonds is 4. The van der Waals surface area contributed by atoms with Crippen molar-refractivity contribution in [1.82, 2.24) is 25.2 Å². The highest BCUT2D eigenvalue weighted by molar-refractivity contribution is 5.85. The molecule has 1 aromatic carbocycles. The molecule has 2 heterocycles. The number of ether oxygens (including phenoxy) is 1. The van der Waals surface area contributed by atoms with Gasteiger partial charge in [-0.05, 0) is 29.5 Å². The lowest BCUT2D eigenvalue weighted by atomic mass is 10.3. The van der Waals surface area contributed by atoms with Crippen molar-refractivity contribution in [1.29, 1.82) is 0 Å². The quantitative estimate of drug-likeness (QED) is 0.655. The van der Waals surface area contributed by atoms with E-state index in [-0.39, 0.29) is 19.0 Å². The predicted octanol–water partition coefficient (Wildman–Crippen LogP) is 1.04. The van der Waals surface area contributed by atoms with Gasteiger partial charge >= 0.3 is 5.97 Å². The third-order valence-corrected chi connectivity index (χ3v) is 2.61. The molecule has 8 nitrogen and oxygen atoms in total. The molecule has 102 valence electrons. The molecule has 0 amide bonds. The second kappa shape index (κ2) is 5.08. The van der Waals surface area contributed by atoms with Crippen LogP contribution in [0, 0.1) is 0 Å². The number of oxazole rings is 1. The average molecular weight is 273 g/mol. The number of nitrogens with zero attached hydrogens (tertiary/aromatic N) is 5. The Kier molecular flexibility index (Phi) is 3.12. The van der Waals surface area contributed by atoms with E-state index in [9.17, 15) is 4.79 Å². The van der Waals surface area contributed by atoms with E-state index < -0.39 is 5.97 Å². The zero-order valence-corrected chi connectivity index (χ0v) is 10.7. The zero-order chi connectivity index (χ0) is 13.9. The second-order valence-corrected chi connectivity index (χ2v) is 3.96. The lowest BCUT2D eigenvalue weighted by Crippen LogP contribution is -2.15. The summed E-state index contributed by atoms with van der Waals surface area (Å²) in [5.74, 6) is -0.133. The fourth-order valence-electron chi connectivity index (χ4n) is 1.77. The van der Waals surface area contributed by atoms with E-state index in [2.05, 4.69) is 20.5 Å². The molecule has 3 rings (SSSR count). The van der Waals surface area contributed by atoms with Crippen molar-refractivity contribution in [2.75, 3.05) is 6.61 Å². The second-order valence-electron chi connectivity index (χ2n) is 3.96. The van der Waals surface area contributed by atoms with Crippen LogP contribution in [-0.2, 0) is 11.3 Å². The summed E-state index contributed by atoms with van der Waals surface area (Å²) in [5, 5.41) is 10.9. The van der Waals surface area contributed by atoms with Crippen LogP contribution >= 0.6 is 0 Å². The van der Waals surface area contributed by atoms with Crippen molar-refractivity contribution in [3.05, 3.63) is 36.0 Å². The van der Waals surface area contributed by atoms with Crippen molar-refractivity contribution in [2.45, 2.75) is 13.5 Å². The van der Waals surface area contributed by atoms with Crippen LogP contribution in [0.1, 0.15) is 23.4 Å². The number of carbonyl (C=O) groups is 1. The molecule has 0 bridgehead atoms. The van der Waals surface area contributed by atoms with Gasteiger partial charge in [0.1, 0.15) is 12.1 Å². The highest BCUT2D eigenvalue weighted by Crippen LogP contribution is 2.15. The first-order valence-electron chi connectivity index (χ1n) is 6.05. The van der Waals surface area contributed by atoms with Crippen LogP contribution in [-0.4, -0.2) is 37.8 Å². The number of hydrogen-bond donors (Lipinski definition) is 0. The Hall–Kier alpha value is -2.77. The summed E-state index contributed by atoms with van der Waals surface area (Å²) < 4.78 is 11.7. The fraction of sp³-hybridized carbons (Fsp3) is 0.250. The van der Waals surface area contributed by atoms with Crippen LogP contribution in [0.4, 0.5) is 0 Å². The van der Waals surface area contributed by atoms with Gasteiger partial charge in [-0.25, -0.2) is 14.5 Å². The summed E-state index contributed by atoms with van der Waals surface area (Å²) in [6.07, 6.45) is 0. The van der Waals surface area contributed by atoms with Crippen molar-refractivity contribution in [3.8, 4) is 0 Å². The Labute approximate surface area is 113 Å². The molecule has 2 aromatic heterocycles. The van der Waals surface area contributed by atoms with Crippen LogP contribution in [0.2, 0.25) is 0 Å². The lowest BCUT2D eigenvalue weighted by Gasteiger charge is -2.01. The van der Waals surface area contributed by atoms with E-state index in [1.165, 1.54) is 4.68 Å². The lowest BCUT2D eigenvalue weighted by molar-refractivity contribution is 0.0504. The third kappa shape index (κ3) is 2.22. The first kappa shape index (κ1) is 12.3. The van der Waals surface area contributed by atoms with Crippen molar-refractivity contribution in [2.24, 2.45) is 0 Å².